The highest BCUT2D eigenvalue weighted by atomic mass is 16.5. The lowest BCUT2D eigenvalue weighted by Crippen LogP contribution is -2.24. The van der Waals surface area contributed by atoms with Gasteiger partial charge in [-0.3, -0.25) is 14.4 Å². The molecule has 0 spiro atoms. The molecule has 170 valence electrons. The summed E-state index contributed by atoms with van der Waals surface area (Å²) in [5, 5.41) is 3.86. The van der Waals surface area contributed by atoms with E-state index in [-0.39, 0.29) is 18.1 Å². The monoisotopic (exact) mass is 440 g/mol. The van der Waals surface area contributed by atoms with E-state index in [9.17, 15) is 14.4 Å². The number of aryl methyl sites for hydroxylation is 1. The zero-order chi connectivity index (χ0) is 23.3. The van der Waals surface area contributed by atoms with E-state index in [1.54, 1.807) is 6.07 Å². The molecule has 1 amide bonds. The molecule has 0 aliphatic heterocycles. The lowest BCUT2D eigenvalue weighted by molar-refractivity contribution is -0.132. The molecule has 0 saturated heterocycles. The third-order valence-corrected chi connectivity index (χ3v) is 4.26. The van der Waals surface area contributed by atoms with Crippen LogP contribution in [0.5, 0.6) is 17.2 Å². The lowest BCUT2D eigenvalue weighted by atomic mass is 10.1. The highest BCUT2D eigenvalue weighted by molar-refractivity contribution is 5.87. The Labute approximate surface area is 187 Å². The molecule has 0 fully saturated rings. The van der Waals surface area contributed by atoms with Gasteiger partial charge in [-0.2, -0.15) is 5.10 Å². The van der Waals surface area contributed by atoms with Crippen LogP contribution in [0, 0.1) is 0 Å². The molecule has 8 heteroatoms. The summed E-state index contributed by atoms with van der Waals surface area (Å²) in [6.45, 7) is 4.48. The SMILES string of the molecule is CCCCCc1ccc(OCC(=O)N/N=C/c2ccc(OC(C)=O)cc2OC(C)=O)cc1. The summed E-state index contributed by atoms with van der Waals surface area (Å²) >= 11 is 0. The minimum Gasteiger partial charge on any atom is -0.484 e. The van der Waals surface area contributed by atoms with E-state index in [0.717, 1.165) is 12.8 Å². The summed E-state index contributed by atoms with van der Waals surface area (Å²) < 4.78 is 15.6. The Hall–Kier alpha value is -3.68. The van der Waals surface area contributed by atoms with Crippen LogP contribution in [0.25, 0.3) is 0 Å². The molecule has 1 N–H and O–H groups in total. The summed E-state index contributed by atoms with van der Waals surface area (Å²) in [5.74, 6) is -0.531. The number of benzene rings is 2. The van der Waals surface area contributed by atoms with Crippen LogP contribution >= 0.6 is 0 Å². The van der Waals surface area contributed by atoms with Gasteiger partial charge in [0.1, 0.15) is 17.2 Å². The first kappa shape index (κ1) is 24.6. The summed E-state index contributed by atoms with van der Waals surface area (Å²) in [5.41, 5.74) is 4.01. The normalized spacial score (nSPS) is 10.6. The van der Waals surface area contributed by atoms with Gasteiger partial charge >= 0.3 is 11.9 Å². The predicted octanol–water partition coefficient (Wildman–Crippen LogP) is 3.80. The van der Waals surface area contributed by atoms with Crippen molar-refractivity contribution in [1.29, 1.82) is 0 Å². The molecule has 32 heavy (non-hydrogen) atoms. The smallest absolute Gasteiger partial charge is 0.308 e. The zero-order valence-electron chi connectivity index (χ0n) is 18.6. The van der Waals surface area contributed by atoms with Crippen LogP contribution in [0.1, 0.15) is 51.2 Å². The van der Waals surface area contributed by atoms with Gasteiger partial charge in [0.05, 0.1) is 6.21 Å². The molecule has 0 radical (unpaired) electrons. The summed E-state index contributed by atoms with van der Waals surface area (Å²) in [6.07, 6.45) is 5.89. The van der Waals surface area contributed by atoms with E-state index in [2.05, 4.69) is 17.5 Å². The first-order valence-corrected chi connectivity index (χ1v) is 10.4. The molecule has 8 nitrogen and oxygen atoms in total. The maximum atomic E-state index is 12.0. The molecular weight excluding hydrogens is 412 g/mol. The second-order valence-electron chi connectivity index (χ2n) is 7.07. The van der Waals surface area contributed by atoms with Crippen LogP contribution in [0.3, 0.4) is 0 Å². The van der Waals surface area contributed by atoms with Gasteiger partial charge in [-0.15, -0.1) is 0 Å². The molecule has 2 aromatic rings. The van der Waals surface area contributed by atoms with Crippen molar-refractivity contribution in [3.8, 4) is 17.2 Å². The molecule has 0 saturated carbocycles. The standard InChI is InChI=1S/C24H28N2O6/c1-4-5-6-7-19-8-11-21(12-9-19)30-16-24(29)26-25-15-20-10-13-22(31-17(2)27)14-23(20)32-18(3)28/h8-15H,4-7,16H2,1-3H3,(H,26,29)/b25-15+. The van der Waals surface area contributed by atoms with Crippen molar-refractivity contribution in [2.45, 2.75) is 46.5 Å². The molecule has 0 aliphatic rings. The summed E-state index contributed by atoms with van der Waals surface area (Å²) in [6, 6.07) is 12.1. The van der Waals surface area contributed by atoms with E-state index in [1.165, 1.54) is 50.6 Å². The van der Waals surface area contributed by atoms with E-state index in [4.69, 9.17) is 14.2 Å². The summed E-state index contributed by atoms with van der Waals surface area (Å²) in [7, 11) is 0. The van der Waals surface area contributed by atoms with Crippen LogP contribution in [0.15, 0.2) is 47.6 Å². The predicted molar refractivity (Wildman–Crippen MR) is 120 cm³/mol. The number of carbonyl (C=O) groups is 3. The third-order valence-electron chi connectivity index (χ3n) is 4.26. The number of nitrogens with zero attached hydrogens (tertiary/aromatic N) is 1. The lowest BCUT2D eigenvalue weighted by Gasteiger charge is -2.08. The molecule has 0 aromatic heterocycles. The maximum absolute atomic E-state index is 12.0. The largest absolute Gasteiger partial charge is 0.484 e. The van der Waals surface area contributed by atoms with E-state index in [0.29, 0.717) is 11.3 Å². The van der Waals surface area contributed by atoms with Crippen LogP contribution in [0.2, 0.25) is 0 Å². The molecule has 0 bridgehead atoms. The average Bonchev–Trinajstić information content (AvgIpc) is 2.74. The van der Waals surface area contributed by atoms with Crippen molar-refractivity contribution in [2.75, 3.05) is 6.61 Å². The Morgan fingerprint density at radius 2 is 1.62 bits per heavy atom. The number of hydrogen-bond donors (Lipinski definition) is 1. The number of hydrogen-bond acceptors (Lipinski definition) is 7. The number of carbonyl (C=O) groups excluding carboxylic acids is 3. The van der Waals surface area contributed by atoms with Gasteiger partial charge in [-0.25, -0.2) is 5.43 Å². The molecule has 0 atom stereocenters. The Balaban J connectivity index is 1.88. The Bertz CT molecular complexity index is 953. The molecule has 2 aromatic carbocycles. The van der Waals surface area contributed by atoms with E-state index < -0.39 is 17.8 Å². The first-order valence-electron chi connectivity index (χ1n) is 10.4. The number of hydrazone groups is 1. The number of esters is 2. The Morgan fingerprint density at radius 3 is 2.28 bits per heavy atom. The fourth-order valence-corrected chi connectivity index (χ4v) is 2.78. The second-order valence-corrected chi connectivity index (χ2v) is 7.07. The van der Waals surface area contributed by atoms with Crippen LogP contribution < -0.4 is 19.6 Å². The van der Waals surface area contributed by atoms with Gasteiger partial charge in [-0.05, 0) is 42.7 Å². The van der Waals surface area contributed by atoms with Crippen molar-refractivity contribution >= 4 is 24.1 Å². The van der Waals surface area contributed by atoms with Gasteiger partial charge in [-0.1, -0.05) is 31.9 Å². The van der Waals surface area contributed by atoms with Crippen molar-refractivity contribution < 1.29 is 28.6 Å². The molecule has 0 heterocycles. The van der Waals surface area contributed by atoms with Crippen molar-refractivity contribution in [1.82, 2.24) is 5.43 Å². The van der Waals surface area contributed by atoms with E-state index >= 15 is 0 Å². The highest BCUT2D eigenvalue weighted by Crippen LogP contribution is 2.24. The second kappa shape index (κ2) is 12.9. The van der Waals surface area contributed by atoms with Crippen molar-refractivity contribution in [2.24, 2.45) is 5.10 Å². The quantitative estimate of drug-likeness (QED) is 0.187. The fourth-order valence-electron chi connectivity index (χ4n) is 2.78. The first-order chi connectivity index (χ1) is 15.4. The Kier molecular flexibility index (Phi) is 9.90. The maximum Gasteiger partial charge on any atom is 0.308 e. The van der Waals surface area contributed by atoms with Gasteiger partial charge < -0.3 is 14.2 Å². The van der Waals surface area contributed by atoms with Crippen molar-refractivity contribution in [3.63, 3.8) is 0 Å². The van der Waals surface area contributed by atoms with E-state index in [1.807, 2.05) is 24.3 Å². The number of ether oxygens (including phenoxy) is 3. The van der Waals surface area contributed by atoms with Gasteiger partial charge in [0, 0.05) is 25.5 Å². The highest BCUT2D eigenvalue weighted by Gasteiger charge is 2.09. The number of amides is 1. The molecular formula is C24H28N2O6. The topological polar surface area (TPSA) is 103 Å². The van der Waals surface area contributed by atoms with Gasteiger partial charge in [0.25, 0.3) is 5.91 Å². The van der Waals surface area contributed by atoms with Crippen molar-refractivity contribution in [3.05, 3.63) is 53.6 Å². The number of nitrogens with one attached hydrogen (secondary N) is 1. The van der Waals surface area contributed by atoms with Crippen LogP contribution in [-0.4, -0.2) is 30.7 Å². The van der Waals surface area contributed by atoms with Crippen LogP contribution in [0.4, 0.5) is 0 Å². The third kappa shape index (κ3) is 8.99. The fraction of sp³-hybridized carbons (Fsp3) is 0.333. The van der Waals surface area contributed by atoms with Gasteiger partial charge in [0.2, 0.25) is 0 Å². The van der Waals surface area contributed by atoms with Crippen LogP contribution in [-0.2, 0) is 20.8 Å². The average molecular weight is 440 g/mol. The zero-order valence-corrected chi connectivity index (χ0v) is 18.6. The number of unbranched alkanes of at least 4 members (excludes halogenated alkanes) is 2. The minimum atomic E-state index is -0.548. The number of rotatable bonds is 11. The Morgan fingerprint density at radius 1 is 0.938 bits per heavy atom. The van der Waals surface area contributed by atoms with Gasteiger partial charge in [0.15, 0.2) is 6.61 Å². The molecule has 0 aliphatic carbocycles. The minimum absolute atomic E-state index is 0.143. The molecule has 2 rings (SSSR count). The molecule has 0 unspecified atom stereocenters. The summed E-state index contributed by atoms with van der Waals surface area (Å²) in [4.78, 5) is 34.4.